The van der Waals surface area contributed by atoms with Gasteiger partial charge in [0.15, 0.2) is 0 Å². The predicted octanol–water partition coefficient (Wildman–Crippen LogP) is 1.82. The second kappa shape index (κ2) is 9.06. The number of allylic oxidation sites excluding steroid dienone is 1. The zero-order chi connectivity index (χ0) is 17.3. The fourth-order valence-electron chi connectivity index (χ4n) is 2.23. The second-order valence-corrected chi connectivity index (χ2v) is 4.71. The van der Waals surface area contributed by atoms with Crippen LogP contribution in [0.1, 0.15) is 30.5 Å². The first kappa shape index (κ1) is 18.8. The van der Waals surface area contributed by atoms with Crippen LogP contribution in [0.3, 0.4) is 0 Å². The standard InChI is InChI=1S/C17H22N2O4/c1-4-22-17(21,23-5-2)15-7-6-14(12-13(15)3)16(8-9-18)19-10-11-20/h6-8,11-12,19,21H,4-5,10H2,1-3H3. The zero-order valence-electron chi connectivity index (χ0n) is 13.6. The van der Waals surface area contributed by atoms with Crippen LogP contribution in [0.25, 0.3) is 5.70 Å². The van der Waals surface area contributed by atoms with Crippen molar-refractivity contribution in [1.29, 1.82) is 5.26 Å². The van der Waals surface area contributed by atoms with E-state index in [-0.39, 0.29) is 19.8 Å². The van der Waals surface area contributed by atoms with Crippen molar-refractivity contribution in [1.82, 2.24) is 5.32 Å². The van der Waals surface area contributed by atoms with E-state index in [0.29, 0.717) is 11.3 Å². The average Bonchev–Trinajstić information content (AvgIpc) is 2.51. The van der Waals surface area contributed by atoms with Crippen LogP contribution in [0, 0.1) is 18.3 Å². The summed E-state index contributed by atoms with van der Waals surface area (Å²) in [5.74, 6) is -1.80. The molecule has 0 atom stereocenters. The number of hydrogen-bond acceptors (Lipinski definition) is 6. The molecule has 0 saturated carbocycles. The van der Waals surface area contributed by atoms with E-state index in [4.69, 9.17) is 14.7 Å². The maximum atomic E-state index is 10.6. The van der Waals surface area contributed by atoms with Crippen molar-refractivity contribution in [3.05, 3.63) is 41.0 Å². The number of aryl methyl sites for hydroxylation is 1. The summed E-state index contributed by atoms with van der Waals surface area (Å²) >= 11 is 0. The Kier molecular flexibility index (Phi) is 7.42. The molecule has 1 rings (SSSR count). The van der Waals surface area contributed by atoms with E-state index in [1.165, 1.54) is 6.08 Å². The lowest BCUT2D eigenvalue weighted by Crippen LogP contribution is -2.34. The number of nitrogens with one attached hydrogen (secondary N) is 1. The lowest BCUT2D eigenvalue weighted by Gasteiger charge is -2.29. The van der Waals surface area contributed by atoms with Crippen molar-refractivity contribution in [3.63, 3.8) is 0 Å². The first-order valence-electron chi connectivity index (χ1n) is 7.41. The fourth-order valence-corrected chi connectivity index (χ4v) is 2.23. The number of nitrogens with zero attached hydrogens (tertiary/aromatic N) is 1. The van der Waals surface area contributed by atoms with Crippen LogP contribution in [0.4, 0.5) is 0 Å². The molecular weight excluding hydrogens is 296 g/mol. The average molecular weight is 318 g/mol. The molecule has 1 aromatic carbocycles. The number of hydrogen-bond donors (Lipinski definition) is 2. The molecule has 23 heavy (non-hydrogen) atoms. The number of rotatable bonds is 9. The number of aliphatic hydroxyl groups is 1. The molecular formula is C17H22N2O4. The molecule has 0 bridgehead atoms. The molecule has 6 heteroatoms. The van der Waals surface area contributed by atoms with Gasteiger partial charge in [-0.05, 0) is 38.0 Å². The van der Waals surface area contributed by atoms with Crippen molar-refractivity contribution in [2.24, 2.45) is 0 Å². The Morgan fingerprint density at radius 3 is 2.52 bits per heavy atom. The highest BCUT2D eigenvalue weighted by Gasteiger charge is 2.32. The summed E-state index contributed by atoms with van der Waals surface area (Å²) in [6.07, 6.45) is 2.05. The molecule has 0 heterocycles. The van der Waals surface area contributed by atoms with Crippen LogP contribution in [-0.4, -0.2) is 31.2 Å². The fraction of sp³-hybridized carbons (Fsp3) is 0.412. The summed E-state index contributed by atoms with van der Waals surface area (Å²) in [4.78, 5) is 10.5. The highest BCUT2D eigenvalue weighted by Crippen LogP contribution is 2.29. The molecule has 6 nitrogen and oxygen atoms in total. The Morgan fingerprint density at radius 1 is 1.39 bits per heavy atom. The Bertz CT molecular complexity index is 599. The normalized spacial score (nSPS) is 11.9. The van der Waals surface area contributed by atoms with E-state index >= 15 is 0 Å². The maximum absolute atomic E-state index is 10.6. The molecule has 0 aliphatic rings. The van der Waals surface area contributed by atoms with E-state index < -0.39 is 5.97 Å². The quantitative estimate of drug-likeness (QED) is 0.410. The van der Waals surface area contributed by atoms with Gasteiger partial charge in [0, 0.05) is 24.9 Å². The van der Waals surface area contributed by atoms with E-state index in [9.17, 15) is 9.90 Å². The van der Waals surface area contributed by atoms with Gasteiger partial charge in [-0.25, -0.2) is 0 Å². The first-order valence-corrected chi connectivity index (χ1v) is 7.41. The van der Waals surface area contributed by atoms with Crippen LogP contribution in [-0.2, 0) is 20.2 Å². The van der Waals surface area contributed by atoms with Gasteiger partial charge in [0.05, 0.1) is 18.3 Å². The van der Waals surface area contributed by atoms with Crippen molar-refractivity contribution < 1.29 is 19.4 Å². The number of benzene rings is 1. The molecule has 0 unspecified atom stereocenters. The summed E-state index contributed by atoms with van der Waals surface area (Å²) in [5, 5.41) is 22.3. The molecule has 0 aliphatic carbocycles. The predicted molar refractivity (Wildman–Crippen MR) is 86.0 cm³/mol. The van der Waals surface area contributed by atoms with E-state index in [0.717, 1.165) is 17.4 Å². The zero-order valence-corrected chi connectivity index (χ0v) is 13.6. The molecule has 2 N–H and O–H groups in total. The summed E-state index contributed by atoms with van der Waals surface area (Å²) in [7, 11) is 0. The minimum atomic E-state index is -1.80. The van der Waals surface area contributed by atoms with Crippen molar-refractivity contribution in [3.8, 4) is 6.07 Å². The van der Waals surface area contributed by atoms with Gasteiger partial charge >= 0.3 is 5.97 Å². The van der Waals surface area contributed by atoms with Crippen LogP contribution >= 0.6 is 0 Å². The molecule has 0 amide bonds. The number of nitriles is 1. The summed E-state index contributed by atoms with van der Waals surface area (Å²) in [6.45, 7) is 6.04. The third-order valence-corrected chi connectivity index (χ3v) is 3.14. The highest BCUT2D eigenvalue weighted by molar-refractivity contribution is 5.69. The van der Waals surface area contributed by atoms with Crippen molar-refractivity contribution in [2.45, 2.75) is 26.7 Å². The Hall–Kier alpha value is -2.20. The molecule has 0 radical (unpaired) electrons. The SMILES string of the molecule is CCOC(O)(OCC)c1ccc(C(=CC#N)NCC=O)cc1C. The smallest absolute Gasteiger partial charge is 0.309 e. The Morgan fingerprint density at radius 2 is 2.04 bits per heavy atom. The summed E-state index contributed by atoms with van der Waals surface area (Å²) in [5.41, 5.74) is 2.50. The monoisotopic (exact) mass is 318 g/mol. The van der Waals surface area contributed by atoms with Crippen LogP contribution in [0.2, 0.25) is 0 Å². The number of aldehydes is 1. The lowest BCUT2D eigenvalue weighted by atomic mass is 10.0. The lowest BCUT2D eigenvalue weighted by molar-refractivity contribution is -0.370. The van der Waals surface area contributed by atoms with E-state index in [2.05, 4.69) is 5.32 Å². The molecule has 0 aliphatic heterocycles. The highest BCUT2D eigenvalue weighted by atomic mass is 16.8. The molecule has 0 spiro atoms. The minimum Gasteiger partial charge on any atom is -0.377 e. The molecule has 0 saturated heterocycles. The number of carbonyl (C=O) groups excluding carboxylic acids is 1. The van der Waals surface area contributed by atoms with E-state index in [1.54, 1.807) is 32.0 Å². The van der Waals surface area contributed by atoms with Gasteiger partial charge < -0.3 is 24.7 Å². The molecule has 0 fully saturated rings. The van der Waals surface area contributed by atoms with Gasteiger partial charge in [0.25, 0.3) is 0 Å². The summed E-state index contributed by atoms with van der Waals surface area (Å²) < 4.78 is 10.7. The maximum Gasteiger partial charge on any atom is 0.309 e. The summed E-state index contributed by atoms with van der Waals surface area (Å²) in [6, 6.07) is 7.14. The van der Waals surface area contributed by atoms with Crippen molar-refractivity contribution in [2.75, 3.05) is 19.8 Å². The van der Waals surface area contributed by atoms with Gasteiger partial charge in [-0.2, -0.15) is 5.26 Å². The number of ether oxygens (including phenoxy) is 2. The van der Waals surface area contributed by atoms with Crippen LogP contribution < -0.4 is 5.32 Å². The van der Waals surface area contributed by atoms with Gasteiger partial charge in [0.1, 0.15) is 6.29 Å². The largest absolute Gasteiger partial charge is 0.377 e. The van der Waals surface area contributed by atoms with Gasteiger partial charge in [-0.15, -0.1) is 0 Å². The van der Waals surface area contributed by atoms with Crippen LogP contribution in [0.15, 0.2) is 24.3 Å². The van der Waals surface area contributed by atoms with Crippen molar-refractivity contribution >= 4 is 12.0 Å². The first-order chi connectivity index (χ1) is 11.0. The van der Waals surface area contributed by atoms with Gasteiger partial charge in [0.2, 0.25) is 0 Å². The second-order valence-electron chi connectivity index (χ2n) is 4.71. The molecule has 0 aromatic heterocycles. The molecule has 1 aromatic rings. The third kappa shape index (κ3) is 4.89. The van der Waals surface area contributed by atoms with Crippen LogP contribution in [0.5, 0.6) is 0 Å². The minimum absolute atomic E-state index is 0.107. The Balaban J connectivity index is 3.20. The van der Waals surface area contributed by atoms with Gasteiger partial charge in [-0.3, -0.25) is 0 Å². The third-order valence-electron chi connectivity index (χ3n) is 3.14. The van der Waals surface area contributed by atoms with Gasteiger partial charge in [-0.1, -0.05) is 12.1 Å². The molecule has 124 valence electrons. The Labute approximate surface area is 136 Å². The topological polar surface area (TPSA) is 91.6 Å². The number of carbonyl (C=O) groups is 1. The van der Waals surface area contributed by atoms with E-state index in [1.807, 2.05) is 13.0 Å².